The van der Waals surface area contributed by atoms with Crippen LogP contribution in [0, 0.1) is 0 Å². The number of nitrogens with zero attached hydrogens (tertiary/aromatic N) is 2. The number of halogens is 2. The van der Waals surface area contributed by atoms with Crippen LogP contribution in [-0.2, 0) is 6.54 Å². The summed E-state index contributed by atoms with van der Waals surface area (Å²) in [6, 6.07) is 4.01. The van der Waals surface area contributed by atoms with Crippen LogP contribution in [0.4, 0.5) is 5.69 Å². The lowest BCUT2D eigenvalue weighted by molar-refractivity contribution is 0.414. The minimum Gasteiger partial charge on any atom is -0.493 e. The first-order valence-electron chi connectivity index (χ1n) is 6.31. The van der Waals surface area contributed by atoms with E-state index in [9.17, 15) is 0 Å². The fraction of sp³-hybridized carbons (Fsp3) is 0.357. The number of benzene rings is 1. The molecule has 0 fully saturated rings. The van der Waals surface area contributed by atoms with Crippen molar-refractivity contribution < 1.29 is 4.74 Å². The van der Waals surface area contributed by atoms with Gasteiger partial charge in [0.15, 0.2) is 5.75 Å². The van der Waals surface area contributed by atoms with Crippen LogP contribution in [-0.4, -0.2) is 16.9 Å². The highest BCUT2D eigenvalue weighted by molar-refractivity contribution is 9.10. The molecule has 0 saturated heterocycles. The van der Waals surface area contributed by atoms with Crippen molar-refractivity contribution in [2.75, 3.05) is 12.4 Å². The Balaban J connectivity index is 2.13. The molecule has 0 aliphatic heterocycles. The van der Waals surface area contributed by atoms with Crippen molar-refractivity contribution in [1.29, 1.82) is 0 Å². The van der Waals surface area contributed by atoms with E-state index < -0.39 is 0 Å². The van der Waals surface area contributed by atoms with Crippen LogP contribution in [0.3, 0.4) is 0 Å². The second kappa shape index (κ2) is 6.50. The largest absolute Gasteiger partial charge is 0.493 e. The molecule has 0 amide bonds. The van der Waals surface area contributed by atoms with Gasteiger partial charge in [-0.2, -0.15) is 5.10 Å². The molecule has 1 aromatic heterocycles. The summed E-state index contributed by atoms with van der Waals surface area (Å²) >= 11 is 9.51. The van der Waals surface area contributed by atoms with Crippen LogP contribution >= 0.6 is 27.5 Å². The molecule has 0 spiro atoms. The Morgan fingerprint density at radius 1 is 1.45 bits per heavy atom. The summed E-state index contributed by atoms with van der Waals surface area (Å²) in [5.74, 6) is 0.741. The van der Waals surface area contributed by atoms with Gasteiger partial charge in [0.1, 0.15) is 0 Å². The molecule has 4 nitrogen and oxygen atoms in total. The Morgan fingerprint density at radius 2 is 2.20 bits per heavy atom. The normalized spacial score (nSPS) is 10.9. The molecule has 0 unspecified atom stereocenters. The molecular weight excluding hydrogens is 342 g/mol. The second-order valence-corrected chi connectivity index (χ2v) is 6.04. The third-order valence-electron chi connectivity index (χ3n) is 2.88. The Hall–Kier alpha value is -1.20. The van der Waals surface area contributed by atoms with Gasteiger partial charge in [-0.1, -0.05) is 11.6 Å². The maximum absolute atomic E-state index is 6.06. The van der Waals surface area contributed by atoms with Crippen molar-refractivity contribution in [3.63, 3.8) is 0 Å². The molecule has 0 radical (unpaired) electrons. The van der Waals surface area contributed by atoms with E-state index >= 15 is 0 Å². The van der Waals surface area contributed by atoms with Crippen LogP contribution in [0.1, 0.15) is 25.5 Å². The first-order valence-corrected chi connectivity index (χ1v) is 7.48. The van der Waals surface area contributed by atoms with Gasteiger partial charge < -0.3 is 10.1 Å². The monoisotopic (exact) mass is 357 g/mol. The summed E-state index contributed by atoms with van der Waals surface area (Å²) in [4.78, 5) is 0. The molecule has 0 aliphatic rings. The van der Waals surface area contributed by atoms with Gasteiger partial charge in [-0.25, -0.2) is 0 Å². The van der Waals surface area contributed by atoms with Gasteiger partial charge in [0.05, 0.1) is 23.5 Å². The maximum Gasteiger partial charge on any atom is 0.156 e. The van der Waals surface area contributed by atoms with E-state index in [0.29, 0.717) is 17.6 Å². The minimum atomic E-state index is 0.360. The van der Waals surface area contributed by atoms with Crippen molar-refractivity contribution in [2.45, 2.75) is 26.4 Å². The molecule has 108 valence electrons. The number of aromatic nitrogens is 2. The number of ether oxygens (including phenoxy) is 1. The van der Waals surface area contributed by atoms with E-state index in [1.54, 1.807) is 7.11 Å². The molecule has 2 aromatic rings. The fourth-order valence-corrected chi connectivity index (χ4v) is 2.82. The summed E-state index contributed by atoms with van der Waals surface area (Å²) in [5.41, 5.74) is 1.96. The van der Waals surface area contributed by atoms with Crippen LogP contribution in [0.5, 0.6) is 5.75 Å². The zero-order chi connectivity index (χ0) is 14.7. The van der Waals surface area contributed by atoms with Crippen molar-refractivity contribution >= 4 is 33.2 Å². The molecule has 1 heterocycles. The van der Waals surface area contributed by atoms with E-state index in [4.69, 9.17) is 16.3 Å². The van der Waals surface area contributed by atoms with Crippen LogP contribution in [0.15, 0.2) is 29.0 Å². The van der Waals surface area contributed by atoms with Gasteiger partial charge >= 0.3 is 0 Å². The highest BCUT2D eigenvalue weighted by Gasteiger charge is 2.10. The van der Waals surface area contributed by atoms with Gasteiger partial charge in [0, 0.05) is 29.4 Å². The number of hydrogen-bond acceptors (Lipinski definition) is 3. The Morgan fingerprint density at radius 3 is 2.80 bits per heavy atom. The topological polar surface area (TPSA) is 39.1 Å². The summed E-state index contributed by atoms with van der Waals surface area (Å²) in [6.45, 7) is 4.86. The third kappa shape index (κ3) is 3.46. The molecule has 20 heavy (non-hydrogen) atoms. The molecule has 6 heteroatoms. The highest BCUT2D eigenvalue weighted by Crippen LogP contribution is 2.36. The lowest BCUT2D eigenvalue weighted by Crippen LogP contribution is -2.02. The van der Waals surface area contributed by atoms with E-state index in [1.165, 1.54) is 0 Å². The predicted molar refractivity (Wildman–Crippen MR) is 85.6 cm³/mol. The lowest BCUT2D eigenvalue weighted by atomic mass is 10.2. The first-order chi connectivity index (χ1) is 9.51. The average Bonchev–Trinajstić information content (AvgIpc) is 2.84. The van der Waals surface area contributed by atoms with Gasteiger partial charge in [-0.15, -0.1) is 0 Å². The van der Waals surface area contributed by atoms with Gasteiger partial charge in [-0.3, -0.25) is 4.68 Å². The summed E-state index contributed by atoms with van der Waals surface area (Å²) < 4.78 is 8.13. The van der Waals surface area contributed by atoms with Crippen LogP contribution in [0.2, 0.25) is 5.02 Å². The molecule has 0 atom stereocenters. The van der Waals surface area contributed by atoms with Crippen LogP contribution in [0.25, 0.3) is 0 Å². The first kappa shape index (κ1) is 15.2. The Bertz CT molecular complexity index is 598. The highest BCUT2D eigenvalue weighted by atomic mass is 79.9. The number of nitrogens with one attached hydrogen (secondary N) is 1. The average molecular weight is 359 g/mol. The number of hydrogen-bond donors (Lipinski definition) is 1. The Labute approximate surface area is 132 Å². The quantitative estimate of drug-likeness (QED) is 0.855. The molecule has 1 aromatic carbocycles. The summed E-state index contributed by atoms with van der Waals surface area (Å²) in [6.07, 6.45) is 3.89. The van der Waals surface area contributed by atoms with Crippen molar-refractivity contribution in [1.82, 2.24) is 9.78 Å². The summed E-state index contributed by atoms with van der Waals surface area (Å²) in [5, 5.41) is 8.29. The SMILES string of the molecule is COc1c(Br)cc(Cl)cc1NCc1cnn(C(C)C)c1. The molecule has 0 bridgehead atoms. The smallest absolute Gasteiger partial charge is 0.156 e. The lowest BCUT2D eigenvalue weighted by Gasteiger charge is -2.12. The van der Waals surface area contributed by atoms with Gasteiger partial charge in [-0.05, 0) is 41.9 Å². The zero-order valence-corrected chi connectivity index (χ0v) is 14.0. The van der Waals surface area contributed by atoms with E-state index in [1.807, 2.05) is 29.2 Å². The Kier molecular flexibility index (Phi) is 4.94. The standard InChI is InChI=1S/C14H17BrClN3O/c1-9(2)19-8-10(7-18-19)6-17-13-5-11(16)4-12(15)14(13)20-3/h4-5,7-9,17H,6H2,1-3H3. The number of anilines is 1. The molecular formula is C14H17BrClN3O. The summed E-state index contributed by atoms with van der Waals surface area (Å²) in [7, 11) is 1.63. The van der Waals surface area contributed by atoms with Crippen molar-refractivity contribution in [3.8, 4) is 5.75 Å². The van der Waals surface area contributed by atoms with E-state index in [0.717, 1.165) is 21.5 Å². The number of methoxy groups -OCH3 is 1. The zero-order valence-electron chi connectivity index (χ0n) is 11.7. The van der Waals surface area contributed by atoms with Gasteiger partial charge in [0.25, 0.3) is 0 Å². The molecule has 1 N–H and O–H groups in total. The minimum absolute atomic E-state index is 0.360. The maximum atomic E-state index is 6.06. The molecule has 0 saturated carbocycles. The number of rotatable bonds is 5. The van der Waals surface area contributed by atoms with Crippen molar-refractivity contribution in [3.05, 3.63) is 39.6 Å². The fourth-order valence-electron chi connectivity index (χ4n) is 1.85. The van der Waals surface area contributed by atoms with Gasteiger partial charge in [0.2, 0.25) is 0 Å². The second-order valence-electron chi connectivity index (χ2n) is 4.74. The molecule has 0 aliphatic carbocycles. The van der Waals surface area contributed by atoms with E-state index in [2.05, 4.69) is 40.2 Å². The van der Waals surface area contributed by atoms with Crippen molar-refractivity contribution in [2.24, 2.45) is 0 Å². The van der Waals surface area contributed by atoms with Crippen LogP contribution < -0.4 is 10.1 Å². The predicted octanol–water partition coefficient (Wildman–Crippen LogP) is 4.50. The molecule has 2 rings (SSSR count). The van der Waals surface area contributed by atoms with E-state index in [-0.39, 0.29) is 0 Å². The third-order valence-corrected chi connectivity index (χ3v) is 3.69.